The number of nitriles is 1. The largest absolute Gasteiger partial charge is 0.256 e. The van der Waals surface area contributed by atoms with Gasteiger partial charge in [-0.1, -0.05) is 220 Å². The van der Waals surface area contributed by atoms with Gasteiger partial charge in [0.1, 0.15) is 0 Å². The van der Waals surface area contributed by atoms with Crippen molar-refractivity contribution in [3.8, 4) is 84.3 Å². The minimum Gasteiger partial charge on any atom is -0.256 e. The van der Waals surface area contributed by atoms with Gasteiger partial charge in [0.2, 0.25) is 0 Å². The zero-order valence-electron chi connectivity index (χ0n) is 49.1. The highest BCUT2D eigenvalue weighted by Gasteiger charge is 2.39. The Balaban J connectivity index is 0.921. The number of pyridine rings is 3. The van der Waals surface area contributed by atoms with E-state index in [0.717, 1.165) is 137 Å². The van der Waals surface area contributed by atoms with E-state index in [9.17, 15) is 5.26 Å². The highest BCUT2D eigenvalue weighted by molar-refractivity contribution is 6.26. The van der Waals surface area contributed by atoms with Crippen LogP contribution in [0.4, 0.5) is 5.69 Å². The third kappa shape index (κ3) is 10.2. The van der Waals surface area contributed by atoms with E-state index < -0.39 is 0 Å². The van der Waals surface area contributed by atoms with Crippen molar-refractivity contribution in [1.29, 1.82) is 5.26 Å². The van der Waals surface area contributed by atoms with Gasteiger partial charge >= 0.3 is 0 Å². The summed E-state index contributed by atoms with van der Waals surface area (Å²) in [6.07, 6.45) is 17.1. The van der Waals surface area contributed by atoms with Gasteiger partial charge in [-0.2, -0.15) is 5.26 Å². The molecule has 2 aliphatic carbocycles. The summed E-state index contributed by atoms with van der Waals surface area (Å²) >= 11 is 0. The van der Waals surface area contributed by atoms with Crippen LogP contribution in [0.25, 0.3) is 115 Å². The third-order valence-electron chi connectivity index (χ3n) is 19.3. The van der Waals surface area contributed by atoms with Crippen LogP contribution in [-0.2, 0) is 23.7 Å². The molecule has 0 amide bonds. The van der Waals surface area contributed by atoms with Crippen LogP contribution in [-0.4, -0.2) is 15.0 Å². The van der Waals surface area contributed by atoms with Crippen LogP contribution in [0.3, 0.4) is 0 Å². The molecule has 2 fully saturated rings. The average Bonchev–Trinajstić information content (AvgIpc) is 1.02. The van der Waals surface area contributed by atoms with E-state index in [1.165, 1.54) is 60.1 Å². The average molecular weight is 1130 g/mol. The van der Waals surface area contributed by atoms with E-state index in [4.69, 9.17) is 21.5 Å². The van der Waals surface area contributed by atoms with Gasteiger partial charge in [0.05, 0.1) is 35.3 Å². The van der Waals surface area contributed by atoms with Crippen molar-refractivity contribution in [3.05, 3.63) is 300 Å². The Bertz CT molecular complexity index is 4690. The fraction of sp³-hybridized carbons (Fsp3) is 0.145. The molecule has 0 radical (unpaired) electrons. The van der Waals surface area contributed by atoms with E-state index in [2.05, 4.69) is 224 Å². The highest BCUT2D eigenvalue weighted by Crippen LogP contribution is 2.49. The lowest BCUT2D eigenvalue weighted by Crippen LogP contribution is -2.27. The van der Waals surface area contributed by atoms with Crippen LogP contribution < -0.4 is 0 Å². The maximum Gasteiger partial charge on any atom is 0.187 e. The predicted octanol–water partition coefficient (Wildman–Crippen LogP) is 21.5. The van der Waals surface area contributed by atoms with E-state index in [0.29, 0.717) is 11.3 Å². The molecule has 2 aliphatic rings. The lowest BCUT2D eigenvalue weighted by molar-refractivity contribution is 0.431. The summed E-state index contributed by atoms with van der Waals surface area (Å²) in [5.41, 5.74) is 21.0. The monoisotopic (exact) mass is 1130 g/mol. The first-order chi connectivity index (χ1) is 43.4. The Morgan fingerprint density at radius 3 is 1.45 bits per heavy atom. The molecule has 5 heteroatoms. The molecule has 0 bridgehead atoms. The fourth-order valence-corrected chi connectivity index (χ4v) is 15.0. The number of hydrogen-bond donors (Lipinski definition) is 0. The van der Waals surface area contributed by atoms with Gasteiger partial charge < -0.3 is 0 Å². The molecule has 0 N–H and O–H groups in total. The fourth-order valence-electron chi connectivity index (χ4n) is 15.0. The quantitative estimate of drug-likeness (QED) is 0.0852. The van der Waals surface area contributed by atoms with Crippen LogP contribution in [0.1, 0.15) is 79.2 Å². The van der Waals surface area contributed by atoms with Gasteiger partial charge in [0.15, 0.2) is 5.69 Å². The smallest absolute Gasteiger partial charge is 0.187 e. The van der Waals surface area contributed by atoms with Crippen molar-refractivity contribution in [1.82, 2.24) is 15.0 Å². The minimum atomic E-state index is -0.110. The van der Waals surface area contributed by atoms with E-state index >= 15 is 0 Å². The molecule has 3 heterocycles. The van der Waals surface area contributed by atoms with Crippen LogP contribution >= 0.6 is 0 Å². The molecule has 88 heavy (non-hydrogen) atoms. The van der Waals surface area contributed by atoms with Gasteiger partial charge in [0, 0.05) is 46.1 Å². The van der Waals surface area contributed by atoms with Gasteiger partial charge in [-0.25, -0.2) is 4.85 Å². The predicted molar refractivity (Wildman–Crippen MR) is 362 cm³/mol. The molecule has 0 unspecified atom stereocenters. The molecule has 3 aromatic heterocycles. The van der Waals surface area contributed by atoms with Crippen molar-refractivity contribution < 1.29 is 0 Å². The topological polar surface area (TPSA) is 66.8 Å². The highest BCUT2D eigenvalue weighted by atomic mass is 14.7. The summed E-state index contributed by atoms with van der Waals surface area (Å²) in [5, 5.41) is 17.2. The van der Waals surface area contributed by atoms with Crippen molar-refractivity contribution in [2.75, 3.05) is 0 Å². The molecule has 0 aliphatic heterocycles. The standard InChI is InChI=1S/C83H63N5/c1-85-68-25-17-24-64(46-68)80-37-33-67(54-87-80)83(40-14-15-41-83)51-58-42-57(50-82(38-12-13-39-82)66-32-36-79(86-53-66)63-23-16-18-56(43-63)52-84)44-65(45-58)69-34-30-61(59-19-4-2-5-20-59)47-76(69)78-55-88-81(60-21-6-3-7-22-60)49-75(78)62-31-35-74-72-28-9-8-26-70(72)71-27-10-11-29-73(71)77(74)48-62/h2-11,16-37,42-49,53-55H,12-15,38-41,50-51H2. The summed E-state index contributed by atoms with van der Waals surface area (Å²) in [6.45, 7) is 7.67. The van der Waals surface area contributed by atoms with Crippen molar-refractivity contribution in [2.45, 2.75) is 75.0 Å². The first-order valence-electron chi connectivity index (χ1n) is 31.0. The Morgan fingerprint density at radius 2 is 0.875 bits per heavy atom. The number of rotatable bonds is 13. The molecular weight excluding hydrogens is 1070 g/mol. The van der Waals surface area contributed by atoms with Crippen molar-refractivity contribution in [3.63, 3.8) is 0 Å². The van der Waals surface area contributed by atoms with Gasteiger partial charge in [-0.15, -0.1) is 0 Å². The van der Waals surface area contributed by atoms with Crippen molar-refractivity contribution >= 4 is 38.0 Å². The molecule has 15 rings (SSSR count). The summed E-state index contributed by atoms with van der Waals surface area (Å²) < 4.78 is 0. The number of nitrogens with zero attached hydrogens (tertiary/aromatic N) is 5. The van der Waals surface area contributed by atoms with Crippen LogP contribution in [0, 0.1) is 17.9 Å². The normalized spacial score (nSPS) is 14.2. The Kier molecular flexibility index (Phi) is 14.1. The molecule has 0 spiro atoms. The molecule has 5 nitrogen and oxygen atoms in total. The molecule has 2 saturated carbocycles. The first-order valence-corrected chi connectivity index (χ1v) is 31.0. The SMILES string of the molecule is [C-]#[N+]c1cccc(-c2ccc(C3(Cc4cc(CC5(c6ccc(-c7cccc(C#N)c7)nc6)CCCC5)cc(-c5ccc(-c6ccccc6)cc5-c5cnc(-c6ccccc6)cc5-c5ccc6c7ccccc7c7ccccc7c6c5)c4)CCCC3)cn2)c1. The van der Waals surface area contributed by atoms with Gasteiger partial charge in [-0.05, 0) is 186 Å². The number of fused-ring (bicyclic) bond motifs is 6. The first kappa shape index (κ1) is 54.1. The molecule has 10 aromatic carbocycles. The summed E-state index contributed by atoms with van der Waals surface area (Å²) in [6, 6.07) is 90.0. The second kappa shape index (κ2) is 23.0. The second-order valence-electron chi connectivity index (χ2n) is 24.5. The lowest BCUT2D eigenvalue weighted by atomic mass is 9.72. The van der Waals surface area contributed by atoms with E-state index in [1.807, 2.05) is 48.5 Å². The number of aromatic nitrogens is 3. The van der Waals surface area contributed by atoms with Crippen LogP contribution in [0.15, 0.2) is 261 Å². The van der Waals surface area contributed by atoms with E-state index in [-0.39, 0.29) is 10.8 Å². The zero-order valence-corrected chi connectivity index (χ0v) is 49.1. The summed E-state index contributed by atoms with van der Waals surface area (Å²) in [5.74, 6) is 0. The Hall–Kier alpha value is -10.6. The summed E-state index contributed by atoms with van der Waals surface area (Å²) in [4.78, 5) is 19.4. The van der Waals surface area contributed by atoms with Crippen LogP contribution in [0.5, 0.6) is 0 Å². The zero-order chi connectivity index (χ0) is 59.0. The second-order valence-corrected chi connectivity index (χ2v) is 24.5. The van der Waals surface area contributed by atoms with Gasteiger partial charge in [0.25, 0.3) is 0 Å². The molecule has 0 atom stereocenters. The molecule has 13 aromatic rings. The summed E-state index contributed by atoms with van der Waals surface area (Å²) in [7, 11) is 0. The van der Waals surface area contributed by atoms with Crippen LogP contribution in [0.2, 0.25) is 0 Å². The van der Waals surface area contributed by atoms with Gasteiger partial charge in [-0.3, -0.25) is 15.0 Å². The lowest BCUT2D eigenvalue weighted by Gasteiger charge is -2.32. The molecule has 420 valence electrons. The number of benzene rings is 10. The molecule has 0 saturated heterocycles. The minimum absolute atomic E-state index is 0.108. The molecular formula is C83H63N5. The maximum absolute atomic E-state index is 9.74. The Labute approximate surface area is 515 Å². The number of hydrogen-bond acceptors (Lipinski definition) is 4. The van der Waals surface area contributed by atoms with E-state index in [1.54, 1.807) is 0 Å². The Morgan fingerprint density at radius 1 is 0.352 bits per heavy atom. The third-order valence-corrected chi connectivity index (χ3v) is 19.3. The van der Waals surface area contributed by atoms with Crippen molar-refractivity contribution in [2.24, 2.45) is 0 Å². The maximum atomic E-state index is 9.74.